The number of ether oxygens (including phenoxy) is 2. The summed E-state index contributed by atoms with van der Waals surface area (Å²) < 4.78 is 10.9. The molecule has 2 atom stereocenters. The van der Waals surface area contributed by atoms with Gasteiger partial charge in [0.1, 0.15) is 11.5 Å². The number of piperidine rings is 1. The van der Waals surface area contributed by atoms with Crippen LogP contribution in [-0.2, 0) is 9.59 Å². The first kappa shape index (κ1) is 23.4. The molecular weight excluding hydrogens is 394 g/mol. The molecule has 2 saturated heterocycles. The molecule has 2 amide bonds. The van der Waals surface area contributed by atoms with Gasteiger partial charge in [-0.2, -0.15) is 0 Å². The van der Waals surface area contributed by atoms with Gasteiger partial charge in [0.05, 0.1) is 26.8 Å². The summed E-state index contributed by atoms with van der Waals surface area (Å²) in [5, 5.41) is 3.05. The Hall–Kier alpha value is -2.28. The molecule has 31 heavy (non-hydrogen) atoms. The van der Waals surface area contributed by atoms with Crippen LogP contribution >= 0.6 is 0 Å². The van der Waals surface area contributed by atoms with Gasteiger partial charge < -0.3 is 19.7 Å². The van der Waals surface area contributed by atoms with Gasteiger partial charge in [0, 0.05) is 37.7 Å². The summed E-state index contributed by atoms with van der Waals surface area (Å²) >= 11 is 0. The fraction of sp³-hybridized carbons (Fsp3) is 0.667. The summed E-state index contributed by atoms with van der Waals surface area (Å²) in [5.74, 6) is 2.24. The summed E-state index contributed by atoms with van der Waals surface area (Å²) in [7, 11) is 3.30. The molecule has 2 aliphatic rings. The SMILES string of the molecule is CCCC(=O)NCC1CCCN(CC(=O)N2CCCC2c2ccc(OC)cc2OC)C1. The van der Waals surface area contributed by atoms with Gasteiger partial charge in [0.15, 0.2) is 0 Å². The van der Waals surface area contributed by atoms with Crippen LogP contribution in [-0.4, -0.2) is 68.6 Å². The molecule has 2 unspecified atom stereocenters. The zero-order chi connectivity index (χ0) is 22.2. The molecule has 0 spiro atoms. The van der Waals surface area contributed by atoms with E-state index < -0.39 is 0 Å². The van der Waals surface area contributed by atoms with Gasteiger partial charge in [-0.3, -0.25) is 14.5 Å². The summed E-state index contributed by atoms with van der Waals surface area (Å²) in [5.41, 5.74) is 1.05. The molecule has 3 rings (SSSR count). The molecule has 1 aromatic rings. The van der Waals surface area contributed by atoms with Crippen LogP contribution in [0, 0.1) is 5.92 Å². The highest BCUT2D eigenvalue weighted by Gasteiger charge is 2.33. The predicted molar refractivity (Wildman–Crippen MR) is 120 cm³/mol. The zero-order valence-corrected chi connectivity index (χ0v) is 19.2. The van der Waals surface area contributed by atoms with Gasteiger partial charge >= 0.3 is 0 Å². The van der Waals surface area contributed by atoms with Gasteiger partial charge in [-0.1, -0.05) is 6.92 Å². The monoisotopic (exact) mass is 431 g/mol. The molecule has 2 aliphatic heterocycles. The Morgan fingerprint density at radius 1 is 1.13 bits per heavy atom. The zero-order valence-electron chi connectivity index (χ0n) is 19.2. The number of nitrogens with one attached hydrogen (secondary N) is 1. The van der Waals surface area contributed by atoms with E-state index in [1.165, 1.54) is 0 Å². The molecule has 172 valence electrons. The predicted octanol–water partition coefficient (Wildman–Crippen LogP) is 3.00. The largest absolute Gasteiger partial charge is 0.497 e. The standard InChI is InChI=1S/C24H37N3O4/c1-4-7-23(28)25-15-18-8-5-12-26(16-18)17-24(29)27-13-6-9-21(27)20-11-10-19(30-2)14-22(20)31-3/h10-11,14,18,21H,4-9,12-13,15-17H2,1-3H3,(H,25,28). The lowest BCUT2D eigenvalue weighted by atomic mass is 9.97. The molecule has 0 saturated carbocycles. The van der Waals surface area contributed by atoms with Crippen molar-refractivity contribution in [2.24, 2.45) is 5.92 Å². The molecule has 2 heterocycles. The third-order valence-electron chi connectivity index (χ3n) is 6.40. The molecule has 0 aromatic heterocycles. The Kier molecular flexibility index (Phi) is 8.58. The molecule has 7 heteroatoms. The van der Waals surface area contributed by atoms with Gasteiger partial charge in [0.25, 0.3) is 0 Å². The van der Waals surface area contributed by atoms with Crippen LogP contribution < -0.4 is 14.8 Å². The maximum atomic E-state index is 13.2. The first-order valence-electron chi connectivity index (χ1n) is 11.6. The van der Waals surface area contributed by atoms with E-state index in [9.17, 15) is 9.59 Å². The second-order valence-corrected chi connectivity index (χ2v) is 8.65. The minimum atomic E-state index is 0.0438. The van der Waals surface area contributed by atoms with E-state index in [1.54, 1.807) is 14.2 Å². The number of amides is 2. The average molecular weight is 432 g/mol. The van der Waals surface area contributed by atoms with E-state index in [0.29, 0.717) is 25.4 Å². The highest BCUT2D eigenvalue weighted by Crippen LogP contribution is 2.38. The van der Waals surface area contributed by atoms with Gasteiger partial charge in [0.2, 0.25) is 11.8 Å². The van der Waals surface area contributed by atoms with Crippen molar-refractivity contribution >= 4 is 11.8 Å². The van der Waals surface area contributed by atoms with E-state index in [-0.39, 0.29) is 17.9 Å². The van der Waals surface area contributed by atoms with Crippen molar-refractivity contribution in [1.29, 1.82) is 0 Å². The summed E-state index contributed by atoms with van der Waals surface area (Å²) in [6.07, 6.45) is 5.56. The Morgan fingerprint density at radius 2 is 1.94 bits per heavy atom. The second-order valence-electron chi connectivity index (χ2n) is 8.65. The number of benzene rings is 1. The highest BCUT2D eigenvalue weighted by molar-refractivity contribution is 5.79. The summed E-state index contributed by atoms with van der Waals surface area (Å²) in [6.45, 7) is 5.75. The van der Waals surface area contributed by atoms with Crippen LogP contribution in [0.2, 0.25) is 0 Å². The van der Waals surface area contributed by atoms with E-state index >= 15 is 0 Å². The number of methoxy groups -OCH3 is 2. The molecule has 7 nitrogen and oxygen atoms in total. The van der Waals surface area contributed by atoms with Crippen LogP contribution in [0.15, 0.2) is 18.2 Å². The lowest BCUT2D eigenvalue weighted by molar-refractivity contribution is -0.134. The topological polar surface area (TPSA) is 71.1 Å². The average Bonchev–Trinajstić information content (AvgIpc) is 3.27. The minimum absolute atomic E-state index is 0.0438. The number of hydrogen-bond acceptors (Lipinski definition) is 5. The van der Waals surface area contributed by atoms with E-state index in [1.807, 2.05) is 30.0 Å². The lowest BCUT2D eigenvalue weighted by Crippen LogP contribution is -2.46. The summed E-state index contributed by atoms with van der Waals surface area (Å²) in [4.78, 5) is 29.3. The third kappa shape index (κ3) is 6.12. The van der Waals surface area contributed by atoms with Crippen LogP contribution in [0.5, 0.6) is 11.5 Å². The molecule has 0 bridgehead atoms. The fourth-order valence-corrected chi connectivity index (χ4v) is 4.80. The molecule has 0 radical (unpaired) electrons. The van der Waals surface area contributed by atoms with Crippen molar-refractivity contribution in [3.05, 3.63) is 23.8 Å². The number of carbonyl (C=O) groups is 2. The Labute approximate surface area is 186 Å². The van der Waals surface area contributed by atoms with Crippen molar-refractivity contribution in [1.82, 2.24) is 15.1 Å². The number of hydrogen-bond donors (Lipinski definition) is 1. The quantitative estimate of drug-likeness (QED) is 0.651. The molecule has 1 N–H and O–H groups in total. The Morgan fingerprint density at radius 3 is 2.68 bits per heavy atom. The van der Waals surface area contributed by atoms with E-state index in [4.69, 9.17) is 9.47 Å². The van der Waals surface area contributed by atoms with Crippen molar-refractivity contribution in [3.8, 4) is 11.5 Å². The van der Waals surface area contributed by atoms with Crippen molar-refractivity contribution in [2.75, 3.05) is 46.9 Å². The van der Waals surface area contributed by atoms with E-state index in [0.717, 1.165) is 68.8 Å². The van der Waals surface area contributed by atoms with Gasteiger partial charge in [-0.15, -0.1) is 0 Å². The number of likely N-dealkylation sites (tertiary alicyclic amines) is 2. The fourth-order valence-electron chi connectivity index (χ4n) is 4.80. The molecule has 0 aliphatic carbocycles. The molecule has 2 fully saturated rings. The van der Waals surface area contributed by atoms with Crippen LogP contribution in [0.25, 0.3) is 0 Å². The van der Waals surface area contributed by atoms with Gasteiger partial charge in [-0.25, -0.2) is 0 Å². The Bertz CT molecular complexity index is 754. The van der Waals surface area contributed by atoms with Crippen LogP contribution in [0.3, 0.4) is 0 Å². The maximum Gasteiger partial charge on any atom is 0.237 e. The van der Waals surface area contributed by atoms with E-state index in [2.05, 4.69) is 10.2 Å². The first-order valence-corrected chi connectivity index (χ1v) is 11.6. The smallest absolute Gasteiger partial charge is 0.237 e. The highest BCUT2D eigenvalue weighted by atomic mass is 16.5. The normalized spacial score (nSPS) is 21.7. The maximum absolute atomic E-state index is 13.2. The third-order valence-corrected chi connectivity index (χ3v) is 6.40. The number of carbonyl (C=O) groups excluding carboxylic acids is 2. The minimum Gasteiger partial charge on any atom is -0.497 e. The van der Waals surface area contributed by atoms with Crippen LogP contribution in [0.1, 0.15) is 57.1 Å². The first-order chi connectivity index (χ1) is 15.0. The molecular formula is C24H37N3O4. The van der Waals surface area contributed by atoms with Crippen molar-refractivity contribution in [2.45, 2.75) is 51.5 Å². The van der Waals surface area contributed by atoms with Crippen LogP contribution in [0.4, 0.5) is 0 Å². The number of rotatable bonds is 9. The van der Waals surface area contributed by atoms with Gasteiger partial charge in [-0.05, 0) is 56.7 Å². The lowest BCUT2D eigenvalue weighted by Gasteiger charge is -2.34. The summed E-state index contributed by atoms with van der Waals surface area (Å²) in [6, 6.07) is 5.88. The number of nitrogens with zero attached hydrogens (tertiary/aromatic N) is 2. The second kappa shape index (κ2) is 11.4. The molecule has 1 aromatic carbocycles. The van der Waals surface area contributed by atoms with Crippen molar-refractivity contribution < 1.29 is 19.1 Å². The van der Waals surface area contributed by atoms with Crippen molar-refractivity contribution in [3.63, 3.8) is 0 Å². The Balaban J connectivity index is 1.59.